The molecule has 0 aliphatic carbocycles. The molecule has 0 spiro atoms. The van der Waals surface area contributed by atoms with E-state index in [0.717, 1.165) is 23.1 Å². The second kappa shape index (κ2) is 10.5. The fourth-order valence-corrected chi connectivity index (χ4v) is 5.10. The van der Waals surface area contributed by atoms with Crippen LogP contribution in [0.2, 0.25) is 0 Å². The molecule has 0 unspecified atom stereocenters. The average molecular weight is 460 g/mol. The summed E-state index contributed by atoms with van der Waals surface area (Å²) in [5.41, 5.74) is 4.38. The second-order valence-corrected chi connectivity index (χ2v) is 10.1. The van der Waals surface area contributed by atoms with Gasteiger partial charge >= 0.3 is 0 Å². The summed E-state index contributed by atoms with van der Waals surface area (Å²) in [6.45, 7) is 2.69. The Kier molecular flexibility index (Phi) is 7.30. The first-order chi connectivity index (χ1) is 16.0. The van der Waals surface area contributed by atoms with E-state index in [9.17, 15) is 8.42 Å². The van der Waals surface area contributed by atoms with Crippen LogP contribution >= 0.6 is 0 Å². The minimum Gasteiger partial charge on any atom is -0.496 e. The number of hydrogen-bond donors (Lipinski definition) is 0. The third-order valence-electron chi connectivity index (χ3n) is 5.74. The van der Waals surface area contributed by atoms with E-state index in [-0.39, 0.29) is 11.4 Å². The average Bonchev–Trinajstić information content (AvgIpc) is 2.95. The molecule has 1 aliphatic rings. The third kappa shape index (κ3) is 5.93. The molecule has 1 heterocycles. The van der Waals surface area contributed by atoms with Gasteiger partial charge in [-0.05, 0) is 42.2 Å². The molecule has 5 heteroatoms. The van der Waals surface area contributed by atoms with Crippen molar-refractivity contribution in [2.45, 2.75) is 31.1 Å². The van der Waals surface area contributed by atoms with Crippen molar-refractivity contribution in [1.82, 2.24) is 4.31 Å². The lowest BCUT2D eigenvalue weighted by Crippen LogP contribution is -2.27. The standard InChI is InChI=1S/C28H29NO3S/c1-23-12-16-28(17-13-23)33(30,31)29-20-18-26(25-10-6-3-7-11-25)19-21-32-27(22-29)15-14-24-8-4-2-5-9-24/h2-13,16-18,22H,14-15,19-21H2,1H3/b26-18+,27-22-. The lowest BCUT2D eigenvalue weighted by Gasteiger charge is -2.21. The van der Waals surface area contributed by atoms with Gasteiger partial charge in [-0.1, -0.05) is 84.4 Å². The Labute approximate surface area is 196 Å². The first kappa shape index (κ1) is 22.9. The zero-order valence-electron chi connectivity index (χ0n) is 18.9. The number of ether oxygens (including phenoxy) is 1. The van der Waals surface area contributed by atoms with Crippen molar-refractivity contribution in [3.05, 3.63) is 120 Å². The summed E-state index contributed by atoms with van der Waals surface area (Å²) in [6, 6.07) is 27.2. The van der Waals surface area contributed by atoms with Crippen molar-refractivity contribution >= 4 is 15.6 Å². The highest BCUT2D eigenvalue weighted by Gasteiger charge is 2.23. The normalized spacial score (nSPS) is 18.0. The molecule has 33 heavy (non-hydrogen) atoms. The largest absolute Gasteiger partial charge is 0.496 e. The maximum Gasteiger partial charge on any atom is 0.264 e. The molecular formula is C28H29NO3S. The summed E-state index contributed by atoms with van der Waals surface area (Å²) in [5, 5.41) is 0. The molecule has 3 aromatic carbocycles. The molecule has 0 saturated carbocycles. The minimum absolute atomic E-state index is 0.249. The summed E-state index contributed by atoms with van der Waals surface area (Å²) in [4.78, 5) is 0.278. The highest BCUT2D eigenvalue weighted by molar-refractivity contribution is 7.89. The van der Waals surface area contributed by atoms with Crippen molar-refractivity contribution in [2.24, 2.45) is 0 Å². The molecule has 170 valence electrons. The van der Waals surface area contributed by atoms with Gasteiger partial charge in [-0.3, -0.25) is 4.31 Å². The van der Waals surface area contributed by atoms with Gasteiger partial charge in [-0.2, -0.15) is 0 Å². The van der Waals surface area contributed by atoms with Crippen molar-refractivity contribution in [3.8, 4) is 0 Å². The number of hydrogen-bond acceptors (Lipinski definition) is 3. The van der Waals surface area contributed by atoms with Gasteiger partial charge in [0, 0.05) is 12.8 Å². The van der Waals surface area contributed by atoms with Crippen LogP contribution in [0.15, 0.2) is 108 Å². The molecule has 0 bridgehead atoms. The second-order valence-electron chi connectivity index (χ2n) is 8.16. The number of allylic oxidation sites excluding steroid dienone is 1. The Hall–Kier alpha value is -3.31. The maximum atomic E-state index is 13.5. The topological polar surface area (TPSA) is 46.6 Å². The van der Waals surface area contributed by atoms with Gasteiger partial charge in [-0.25, -0.2) is 8.42 Å². The molecule has 0 saturated heterocycles. The molecule has 4 rings (SSSR count). The molecular weight excluding hydrogens is 430 g/mol. The first-order valence-corrected chi connectivity index (χ1v) is 12.7. The van der Waals surface area contributed by atoms with Gasteiger partial charge in [-0.15, -0.1) is 0 Å². The van der Waals surface area contributed by atoms with E-state index in [4.69, 9.17) is 4.74 Å². The lowest BCUT2D eigenvalue weighted by atomic mass is 10.0. The molecule has 0 atom stereocenters. The third-order valence-corrected chi connectivity index (χ3v) is 7.48. The van der Waals surface area contributed by atoms with E-state index in [0.29, 0.717) is 25.2 Å². The Bertz CT molecular complexity index is 1220. The number of rotatable bonds is 6. The fraction of sp³-hybridized carbons (Fsp3) is 0.214. The Balaban J connectivity index is 1.65. The van der Waals surface area contributed by atoms with E-state index in [1.165, 1.54) is 9.87 Å². The molecule has 0 amide bonds. The Morgan fingerprint density at radius 3 is 2.21 bits per heavy atom. The van der Waals surface area contributed by atoms with Crippen molar-refractivity contribution in [1.29, 1.82) is 0 Å². The Morgan fingerprint density at radius 1 is 0.848 bits per heavy atom. The van der Waals surface area contributed by atoms with E-state index in [1.54, 1.807) is 18.3 Å². The quantitative estimate of drug-likeness (QED) is 0.457. The smallest absolute Gasteiger partial charge is 0.264 e. The monoisotopic (exact) mass is 459 g/mol. The lowest BCUT2D eigenvalue weighted by molar-refractivity contribution is 0.205. The number of benzene rings is 3. The van der Waals surface area contributed by atoms with Crippen LogP contribution in [-0.2, 0) is 21.2 Å². The van der Waals surface area contributed by atoms with Gasteiger partial charge in [0.2, 0.25) is 0 Å². The highest BCUT2D eigenvalue weighted by Crippen LogP contribution is 2.25. The van der Waals surface area contributed by atoms with Gasteiger partial charge in [0.1, 0.15) is 5.76 Å². The summed E-state index contributed by atoms with van der Waals surface area (Å²) in [5.74, 6) is 0.678. The van der Waals surface area contributed by atoms with Crippen LogP contribution in [-0.4, -0.2) is 25.9 Å². The minimum atomic E-state index is -3.72. The molecule has 4 nitrogen and oxygen atoms in total. The van der Waals surface area contributed by atoms with Crippen LogP contribution in [0, 0.1) is 6.92 Å². The van der Waals surface area contributed by atoms with Crippen LogP contribution in [0.1, 0.15) is 29.5 Å². The van der Waals surface area contributed by atoms with Crippen molar-refractivity contribution in [2.75, 3.05) is 13.2 Å². The predicted octanol–water partition coefficient (Wildman–Crippen LogP) is 5.96. The molecule has 1 aliphatic heterocycles. The van der Waals surface area contributed by atoms with E-state index in [1.807, 2.05) is 73.7 Å². The molecule has 3 aromatic rings. The summed E-state index contributed by atoms with van der Waals surface area (Å²) >= 11 is 0. The zero-order chi connectivity index (χ0) is 23.1. The summed E-state index contributed by atoms with van der Waals surface area (Å²) in [7, 11) is -3.72. The van der Waals surface area contributed by atoms with Gasteiger partial charge < -0.3 is 4.74 Å². The molecule has 0 N–H and O–H groups in total. The van der Waals surface area contributed by atoms with Gasteiger partial charge in [0.05, 0.1) is 24.2 Å². The van der Waals surface area contributed by atoms with Gasteiger partial charge in [0.15, 0.2) is 0 Å². The van der Waals surface area contributed by atoms with E-state index in [2.05, 4.69) is 12.1 Å². The fourth-order valence-electron chi connectivity index (χ4n) is 3.82. The molecule has 0 aromatic heterocycles. The highest BCUT2D eigenvalue weighted by atomic mass is 32.2. The van der Waals surface area contributed by atoms with E-state index < -0.39 is 10.0 Å². The van der Waals surface area contributed by atoms with Crippen LogP contribution in [0.3, 0.4) is 0 Å². The summed E-state index contributed by atoms with van der Waals surface area (Å²) in [6.07, 6.45) is 5.80. The van der Waals surface area contributed by atoms with Crippen LogP contribution in [0.4, 0.5) is 0 Å². The predicted molar refractivity (Wildman–Crippen MR) is 133 cm³/mol. The number of nitrogens with zero attached hydrogens (tertiary/aromatic N) is 1. The van der Waals surface area contributed by atoms with Crippen molar-refractivity contribution < 1.29 is 13.2 Å². The van der Waals surface area contributed by atoms with Crippen molar-refractivity contribution in [3.63, 3.8) is 0 Å². The Morgan fingerprint density at radius 2 is 1.52 bits per heavy atom. The molecule has 0 fully saturated rings. The zero-order valence-corrected chi connectivity index (χ0v) is 19.7. The maximum absolute atomic E-state index is 13.5. The number of aryl methyl sites for hydroxylation is 2. The van der Waals surface area contributed by atoms with Crippen LogP contribution in [0.25, 0.3) is 5.57 Å². The summed E-state index contributed by atoms with van der Waals surface area (Å²) < 4.78 is 34.6. The van der Waals surface area contributed by atoms with E-state index >= 15 is 0 Å². The van der Waals surface area contributed by atoms with Gasteiger partial charge in [0.25, 0.3) is 10.0 Å². The molecule has 0 radical (unpaired) electrons. The number of sulfonamides is 1. The van der Waals surface area contributed by atoms with Crippen LogP contribution in [0.5, 0.6) is 0 Å². The SMILES string of the molecule is Cc1ccc(S(=O)(=O)N2/C=C(/CCc3ccccc3)OCC/C(c3ccccc3)=C\C2)cc1. The van der Waals surface area contributed by atoms with Crippen LogP contribution < -0.4 is 0 Å². The first-order valence-electron chi connectivity index (χ1n) is 11.2.